The third-order valence-electron chi connectivity index (χ3n) is 10.8. The van der Waals surface area contributed by atoms with Gasteiger partial charge < -0.3 is 24.8 Å². The zero-order valence-corrected chi connectivity index (χ0v) is 33.2. The van der Waals surface area contributed by atoms with Crippen molar-refractivity contribution in [1.82, 2.24) is 0 Å². The quantitative estimate of drug-likeness (QED) is 0.330. The Kier molecular flexibility index (Phi) is 9.76. The molecule has 1 unspecified atom stereocenters. The van der Waals surface area contributed by atoms with Crippen LogP contribution in [0, 0.1) is 11.3 Å². The summed E-state index contributed by atoms with van der Waals surface area (Å²) >= 11 is -2.31. The van der Waals surface area contributed by atoms with Gasteiger partial charge in [-0.3, -0.25) is 0 Å². The summed E-state index contributed by atoms with van der Waals surface area (Å²) in [5, 5.41) is 0. The molecule has 0 radical (unpaired) electrons. The van der Waals surface area contributed by atoms with E-state index in [9.17, 15) is 0 Å². The van der Waals surface area contributed by atoms with Crippen molar-refractivity contribution in [2.75, 3.05) is 0 Å². The minimum absolute atomic E-state index is 0. The van der Waals surface area contributed by atoms with E-state index in [2.05, 4.69) is 126 Å². The predicted molar refractivity (Wildman–Crippen MR) is 182 cm³/mol. The Morgan fingerprint density at radius 3 is 2.02 bits per heavy atom. The SMILES string of the molecule is CCCCC1C=C(C(C)(C)C)C=[C]1[Zr+2]([C]1=C(C)c2cc3c(cc2C1(C)C)Cc1cc2c(cc1-3)C(C)=CC2(C)C)=[C](C)C.[Cl-].[Cl-]. The molecule has 0 N–H and O–H groups in total. The molecule has 0 fully saturated rings. The van der Waals surface area contributed by atoms with Crippen molar-refractivity contribution in [3.05, 3.63) is 88.0 Å². The molecule has 0 aliphatic heterocycles. The molecule has 0 saturated carbocycles. The fourth-order valence-electron chi connectivity index (χ4n) is 8.61. The normalized spacial score (nSPS) is 19.9. The maximum Gasteiger partial charge on any atom is -1.00 e. The van der Waals surface area contributed by atoms with Gasteiger partial charge in [-0.05, 0) is 0 Å². The van der Waals surface area contributed by atoms with Crippen LogP contribution in [-0.4, -0.2) is 3.21 Å². The van der Waals surface area contributed by atoms with Crippen LogP contribution in [0.1, 0.15) is 136 Å². The molecular weight excluding hydrogens is 655 g/mol. The van der Waals surface area contributed by atoms with E-state index in [0.717, 1.165) is 6.42 Å². The molecule has 0 spiro atoms. The number of fused-ring (bicyclic) bond motifs is 5. The van der Waals surface area contributed by atoms with Crippen molar-refractivity contribution >= 4 is 14.4 Å². The maximum absolute atomic E-state index is 2.69. The fourth-order valence-corrected chi connectivity index (χ4v) is 17.3. The number of halogens is 2. The van der Waals surface area contributed by atoms with E-state index in [1.807, 2.05) is 6.56 Å². The van der Waals surface area contributed by atoms with E-state index < -0.39 is 21.3 Å². The van der Waals surface area contributed by atoms with Gasteiger partial charge in [-0.2, -0.15) is 0 Å². The molecule has 234 valence electrons. The summed E-state index contributed by atoms with van der Waals surface area (Å²) < 4.78 is 5.39. The zero-order valence-electron chi connectivity index (χ0n) is 29.2. The van der Waals surface area contributed by atoms with E-state index in [-0.39, 0.29) is 41.1 Å². The Morgan fingerprint density at radius 2 is 1.45 bits per heavy atom. The van der Waals surface area contributed by atoms with Gasteiger partial charge in [0.05, 0.1) is 0 Å². The number of rotatable bonds is 5. The summed E-state index contributed by atoms with van der Waals surface area (Å²) in [6.45, 7) is 29.1. The smallest absolute Gasteiger partial charge is 1.00 e. The van der Waals surface area contributed by atoms with E-state index >= 15 is 0 Å². The van der Waals surface area contributed by atoms with Crippen molar-refractivity contribution in [1.29, 1.82) is 0 Å². The van der Waals surface area contributed by atoms with Gasteiger partial charge in [0.2, 0.25) is 0 Å². The van der Waals surface area contributed by atoms with Gasteiger partial charge in [0, 0.05) is 0 Å². The first-order valence-corrected chi connectivity index (χ1v) is 20.1. The van der Waals surface area contributed by atoms with Gasteiger partial charge in [-0.15, -0.1) is 0 Å². The second-order valence-corrected chi connectivity index (χ2v) is 23.0. The van der Waals surface area contributed by atoms with Crippen molar-refractivity contribution < 1.29 is 46.1 Å². The molecule has 1 atom stereocenters. The molecule has 2 aromatic rings. The van der Waals surface area contributed by atoms with Gasteiger partial charge in [0.1, 0.15) is 0 Å². The first kappa shape index (κ1) is 35.6. The van der Waals surface area contributed by atoms with Crippen molar-refractivity contribution in [2.45, 2.75) is 120 Å². The molecular formula is C41H52Cl2Zr. The molecule has 6 rings (SSSR count). The number of hydrogen-bond acceptors (Lipinski definition) is 0. The van der Waals surface area contributed by atoms with Crippen LogP contribution < -0.4 is 24.8 Å². The summed E-state index contributed by atoms with van der Waals surface area (Å²) in [5.41, 5.74) is 17.1. The van der Waals surface area contributed by atoms with Gasteiger partial charge in [0.15, 0.2) is 0 Å². The first-order valence-electron chi connectivity index (χ1n) is 16.4. The third kappa shape index (κ3) is 5.54. The van der Waals surface area contributed by atoms with Gasteiger partial charge in [0.25, 0.3) is 0 Å². The molecule has 4 aliphatic rings. The Morgan fingerprint density at radius 1 is 0.864 bits per heavy atom. The monoisotopic (exact) mass is 704 g/mol. The van der Waals surface area contributed by atoms with Crippen LogP contribution in [0.15, 0.2) is 54.6 Å². The molecule has 3 heteroatoms. The maximum atomic E-state index is 2.69. The summed E-state index contributed by atoms with van der Waals surface area (Å²) in [6, 6.07) is 10.3. The fraction of sp³-hybridized carbons (Fsp3) is 0.488. The molecule has 0 bridgehead atoms. The molecule has 0 nitrogen and oxygen atoms in total. The Bertz CT molecular complexity index is 1690. The molecule has 4 aliphatic carbocycles. The topological polar surface area (TPSA) is 0 Å². The average molecular weight is 707 g/mol. The summed E-state index contributed by atoms with van der Waals surface area (Å²) in [7, 11) is 0. The van der Waals surface area contributed by atoms with Crippen molar-refractivity contribution in [3.8, 4) is 11.1 Å². The number of benzene rings is 2. The van der Waals surface area contributed by atoms with Crippen molar-refractivity contribution in [2.24, 2.45) is 11.3 Å². The Hall–Kier alpha value is -1.27. The van der Waals surface area contributed by atoms with Crippen LogP contribution in [0.4, 0.5) is 0 Å². The van der Waals surface area contributed by atoms with Gasteiger partial charge in [-0.1, -0.05) is 0 Å². The third-order valence-corrected chi connectivity index (χ3v) is 19.6. The van der Waals surface area contributed by atoms with E-state index in [1.54, 1.807) is 19.9 Å². The van der Waals surface area contributed by atoms with Crippen LogP contribution in [-0.2, 0) is 38.5 Å². The number of allylic oxidation sites excluding steroid dienone is 8. The summed E-state index contributed by atoms with van der Waals surface area (Å²) in [5.74, 6) is 0.628. The molecule has 0 amide bonds. The van der Waals surface area contributed by atoms with Gasteiger partial charge >= 0.3 is 266 Å². The largest absolute Gasteiger partial charge is 1.00 e. The van der Waals surface area contributed by atoms with Crippen LogP contribution in [0.2, 0.25) is 0 Å². The molecule has 44 heavy (non-hydrogen) atoms. The molecule has 0 aromatic heterocycles. The predicted octanol–water partition coefficient (Wildman–Crippen LogP) is 5.49. The second-order valence-electron chi connectivity index (χ2n) is 16.1. The Balaban J connectivity index is 0.00000221. The second kappa shape index (κ2) is 12.1. The van der Waals surface area contributed by atoms with Crippen LogP contribution in [0.25, 0.3) is 22.3 Å². The first-order chi connectivity index (χ1) is 19.6. The van der Waals surface area contributed by atoms with Crippen LogP contribution in [0.5, 0.6) is 0 Å². The van der Waals surface area contributed by atoms with Crippen LogP contribution >= 0.6 is 0 Å². The van der Waals surface area contributed by atoms with E-state index in [0.29, 0.717) is 5.92 Å². The van der Waals surface area contributed by atoms with Crippen molar-refractivity contribution in [3.63, 3.8) is 0 Å². The minimum atomic E-state index is -2.31. The summed E-state index contributed by atoms with van der Waals surface area (Å²) in [6.07, 6.45) is 12.8. The minimum Gasteiger partial charge on any atom is -1.00 e. The summed E-state index contributed by atoms with van der Waals surface area (Å²) in [4.78, 5) is 0. The Labute approximate surface area is 288 Å². The number of unbranched alkanes of at least 4 members (excludes halogenated alkanes) is 1. The van der Waals surface area contributed by atoms with Crippen LogP contribution in [0.3, 0.4) is 0 Å². The molecule has 0 heterocycles. The van der Waals surface area contributed by atoms with E-state index in [1.165, 1.54) is 63.8 Å². The standard InChI is InChI=1S/C25H25.C13H21.C3H6.2ClH.Zr/c1-14-12-24(3,4)22-8-16-7-17-9-23-19(15(2)13-25(23,5)6)11-21(17)20(16)10-18(14)22;1-5-6-7-11-8-9-12(10-11)13(2,3)4;1-3-2;;;/h8-12H,7H2,1-6H3;9-11H,5-7H2,1-4H3;1-2H3;2*1H;/q;;;;;+2/p-2. The van der Waals surface area contributed by atoms with Gasteiger partial charge in [-0.25, -0.2) is 0 Å². The number of hydrogen-bond donors (Lipinski definition) is 0. The zero-order chi connectivity index (χ0) is 30.5. The molecule has 2 aromatic carbocycles. The van der Waals surface area contributed by atoms with E-state index in [4.69, 9.17) is 0 Å². The average Bonchev–Trinajstić information content (AvgIpc) is 3.58. The molecule has 0 saturated heterocycles.